The highest BCUT2D eigenvalue weighted by Crippen LogP contribution is 2.15. The molecule has 0 bridgehead atoms. The van der Waals surface area contributed by atoms with Crippen molar-refractivity contribution in [2.75, 3.05) is 0 Å². The predicted molar refractivity (Wildman–Crippen MR) is 67.7 cm³/mol. The average molecular weight is 255 g/mol. The second-order valence-corrected chi connectivity index (χ2v) is 5.16. The van der Waals surface area contributed by atoms with Crippen LogP contribution in [0.4, 0.5) is 0 Å². The quantitative estimate of drug-likeness (QED) is 0.828. The predicted octanol–water partition coefficient (Wildman–Crippen LogP) is 2.47. The molecular weight excluding hydrogens is 242 g/mol. The molecule has 0 aromatic carbocycles. The van der Waals surface area contributed by atoms with Gasteiger partial charge in [-0.05, 0) is 18.1 Å². The summed E-state index contributed by atoms with van der Waals surface area (Å²) >= 11 is 6.39. The molecule has 2 rings (SSSR count). The summed E-state index contributed by atoms with van der Waals surface area (Å²) in [6, 6.07) is 0. The molecule has 2 aromatic rings. The van der Waals surface area contributed by atoms with Crippen LogP contribution in [-0.2, 0) is 6.54 Å². The lowest BCUT2D eigenvalue weighted by Crippen LogP contribution is -2.07. The molecule has 86 valence electrons. The maximum atomic E-state index is 11.0. The lowest BCUT2D eigenvalue weighted by molar-refractivity contribution is 0.675. The Kier molecular flexibility index (Phi) is 3.11. The Bertz CT molecular complexity index is 587. The maximum absolute atomic E-state index is 11.0. The Morgan fingerprint density at radius 1 is 1.56 bits per heavy atom. The molecule has 0 radical (unpaired) electrons. The van der Waals surface area contributed by atoms with Crippen LogP contribution in [0.25, 0.3) is 0 Å². The highest BCUT2D eigenvalue weighted by molar-refractivity contribution is 7.71. The Hall–Kier alpha value is -1.14. The molecule has 2 heterocycles. The van der Waals surface area contributed by atoms with Crippen molar-refractivity contribution >= 4 is 23.6 Å². The standard InChI is InChI=1S/C10H13N3OS2/c1-6(2)8-3-11-9(15)13(8)4-7-5-16-10(14)12-7/h3,5-6H,4H2,1-2H3,(H,11,15)(H,12,14). The molecule has 16 heavy (non-hydrogen) atoms. The fourth-order valence-electron chi connectivity index (χ4n) is 1.61. The van der Waals surface area contributed by atoms with Gasteiger partial charge < -0.3 is 14.5 Å². The van der Waals surface area contributed by atoms with Crippen molar-refractivity contribution in [1.29, 1.82) is 0 Å². The van der Waals surface area contributed by atoms with E-state index in [0.29, 0.717) is 17.2 Å². The zero-order valence-corrected chi connectivity index (χ0v) is 10.7. The van der Waals surface area contributed by atoms with E-state index >= 15 is 0 Å². The fourth-order valence-corrected chi connectivity index (χ4v) is 2.41. The van der Waals surface area contributed by atoms with Crippen LogP contribution in [0.5, 0.6) is 0 Å². The zero-order valence-electron chi connectivity index (χ0n) is 9.11. The van der Waals surface area contributed by atoms with E-state index in [1.54, 1.807) is 0 Å². The van der Waals surface area contributed by atoms with Crippen LogP contribution in [0.3, 0.4) is 0 Å². The molecule has 0 amide bonds. The van der Waals surface area contributed by atoms with Crippen LogP contribution in [0.15, 0.2) is 16.4 Å². The summed E-state index contributed by atoms with van der Waals surface area (Å²) in [4.78, 5) is 16.8. The zero-order chi connectivity index (χ0) is 11.7. The number of nitrogens with one attached hydrogen (secondary N) is 2. The number of aromatic amines is 2. The van der Waals surface area contributed by atoms with Gasteiger partial charge in [-0.3, -0.25) is 4.79 Å². The number of nitrogens with zero attached hydrogens (tertiary/aromatic N) is 1. The van der Waals surface area contributed by atoms with Crippen molar-refractivity contribution in [3.8, 4) is 0 Å². The summed E-state index contributed by atoms with van der Waals surface area (Å²) in [6.45, 7) is 4.85. The van der Waals surface area contributed by atoms with Crippen molar-refractivity contribution in [2.24, 2.45) is 0 Å². The van der Waals surface area contributed by atoms with Gasteiger partial charge in [0.25, 0.3) is 0 Å². The minimum absolute atomic E-state index is 0.0249. The van der Waals surface area contributed by atoms with Crippen molar-refractivity contribution in [3.05, 3.63) is 37.4 Å². The Morgan fingerprint density at radius 3 is 2.88 bits per heavy atom. The first-order chi connectivity index (χ1) is 7.58. The summed E-state index contributed by atoms with van der Waals surface area (Å²) in [6.07, 6.45) is 1.93. The molecule has 2 N–H and O–H groups in total. The van der Waals surface area contributed by atoms with Gasteiger partial charge >= 0.3 is 4.87 Å². The maximum Gasteiger partial charge on any atom is 0.304 e. The molecule has 0 fully saturated rings. The molecule has 0 unspecified atom stereocenters. The molecule has 2 aromatic heterocycles. The number of imidazole rings is 1. The van der Waals surface area contributed by atoms with E-state index in [-0.39, 0.29) is 4.87 Å². The van der Waals surface area contributed by atoms with Crippen LogP contribution >= 0.6 is 23.6 Å². The summed E-state index contributed by atoms with van der Waals surface area (Å²) in [5.74, 6) is 0.401. The van der Waals surface area contributed by atoms with Gasteiger partial charge in [0.2, 0.25) is 0 Å². The average Bonchev–Trinajstić information content (AvgIpc) is 2.76. The smallest absolute Gasteiger partial charge is 0.304 e. The molecule has 4 nitrogen and oxygen atoms in total. The molecule has 0 aliphatic rings. The Labute approximate surface area is 102 Å². The summed E-state index contributed by atoms with van der Waals surface area (Å²) < 4.78 is 2.70. The monoisotopic (exact) mass is 255 g/mol. The Balaban J connectivity index is 2.37. The SMILES string of the molecule is CC(C)c1c[nH]c(=S)n1Cc1csc(=O)[nH]1. The van der Waals surface area contributed by atoms with Gasteiger partial charge in [0, 0.05) is 23.0 Å². The van der Waals surface area contributed by atoms with E-state index in [2.05, 4.69) is 23.8 Å². The summed E-state index contributed by atoms with van der Waals surface area (Å²) in [5, 5.41) is 1.83. The minimum Gasteiger partial charge on any atom is -0.337 e. The number of aromatic nitrogens is 3. The van der Waals surface area contributed by atoms with Gasteiger partial charge in [-0.15, -0.1) is 0 Å². The van der Waals surface area contributed by atoms with Crippen LogP contribution in [0, 0.1) is 4.77 Å². The molecule has 6 heteroatoms. The Morgan fingerprint density at radius 2 is 2.31 bits per heavy atom. The molecule has 0 saturated carbocycles. The lowest BCUT2D eigenvalue weighted by Gasteiger charge is -2.09. The van der Waals surface area contributed by atoms with Crippen LogP contribution < -0.4 is 4.87 Å². The highest BCUT2D eigenvalue weighted by atomic mass is 32.1. The van der Waals surface area contributed by atoms with E-state index in [0.717, 1.165) is 11.4 Å². The minimum atomic E-state index is -0.0249. The first-order valence-corrected chi connectivity index (χ1v) is 6.31. The highest BCUT2D eigenvalue weighted by Gasteiger charge is 2.09. The van der Waals surface area contributed by atoms with E-state index in [1.165, 1.54) is 11.3 Å². The first-order valence-electron chi connectivity index (χ1n) is 5.02. The van der Waals surface area contributed by atoms with Crippen LogP contribution in [-0.4, -0.2) is 14.5 Å². The summed E-state index contributed by atoms with van der Waals surface area (Å²) in [5.41, 5.74) is 2.05. The second kappa shape index (κ2) is 4.39. The van der Waals surface area contributed by atoms with Gasteiger partial charge in [-0.2, -0.15) is 0 Å². The molecule has 0 aliphatic carbocycles. The van der Waals surface area contributed by atoms with E-state index in [1.807, 2.05) is 16.1 Å². The second-order valence-electron chi connectivity index (χ2n) is 3.93. The van der Waals surface area contributed by atoms with Crippen molar-refractivity contribution < 1.29 is 0 Å². The molecule has 0 atom stereocenters. The topological polar surface area (TPSA) is 53.6 Å². The molecule has 0 saturated heterocycles. The third kappa shape index (κ3) is 2.17. The van der Waals surface area contributed by atoms with Gasteiger partial charge in [0.1, 0.15) is 0 Å². The molecular formula is C10H13N3OS2. The van der Waals surface area contributed by atoms with Gasteiger partial charge in [-0.25, -0.2) is 0 Å². The molecule has 0 aliphatic heterocycles. The largest absolute Gasteiger partial charge is 0.337 e. The van der Waals surface area contributed by atoms with Crippen molar-refractivity contribution in [1.82, 2.24) is 14.5 Å². The van der Waals surface area contributed by atoms with Crippen LogP contribution in [0.1, 0.15) is 31.2 Å². The normalized spacial score (nSPS) is 11.2. The van der Waals surface area contributed by atoms with E-state index < -0.39 is 0 Å². The van der Waals surface area contributed by atoms with Gasteiger partial charge in [0.15, 0.2) is 4.77 Å². The lowest BCUT2D eigenvalue weighted by atomic mass is 10.1. The van der Waals surface area contributed by atoms with Crippen LogP contribution in [0.2, 0.25) is 0 Å². The van der Waals surface area contributed by atoms with E-state index in [9.17, 15) is 4.79 Å². The number of hydrogen-bond acceptors (Lipinski definition) is 3. The van der Waals surface area contributed by atoms with Gasteiger partial charge in [-0.1, -0.05) is 25.2 Å². The molecule has 0 spiro atoms. The van der Waals surface area contributed by atoms with Gasteiger partial charge in [0.05, 0.1) is 6.54 Å². The number of H-pyrrole nitrogens is 2. The third-order valence-electron chi connectivity index (χ3n) is 2.39. The van der Waals surface area contributed by atoms with Crippen molar-refractivity contribution in [3.63, 3.8) is 0 Å². The first kappa shape index (κ1) is 11.3. The number of thiazole rings is 1. The van der Waals surface area contributed by atoms with E-state index in [4.69, 9.17) is 12.2 Å². The summed E-state index contributed by atoms with van der Waals surface area (Å²) in [7, 11) is 0. The fraction of sp³-hybridized carbons (Fsp3) is 0.400. The number of rotatable bonds is 3. The van der Waals surface area contributed by atoms with Crippen molar-refractivity contribution in [2.45, 2.75) is 26.3 Å². The number of hydrogen-bond donors (Lipinski definition) is 2. The third-order valence-corrected chi connectivity index (χ3v) is 3.45.